The highest BCUT2D eigenvalue weighted by Crippen LogP contribution is 2.31. The third-order valence-corrected chi connectivity index (χ3v) is 2.58. The average Bonchev–Trinajstić information content (AvgIpc) is 2.47. The number of urea groups is 1. The summed E-state index contributed by atoms with van der Waals surface area (Å²) in [6, 6.07) is 1.09. The number of ether oxygens (including phenoxy) is 1. The minimum atomic E-state index is -5.03. The fourth-order valence-electron chi connectivity index (χ4n) is 1.34. The van der Waals surface area contributed by atoms with E-state index in [9.17, 15) is 27.5 Å². The second-order valence-electron chi connectivity index (χ2n) is 4.35. The van der Waals surface area contributed by atoms with Crippen LogP contribution in [-0.4, -0.2) is 41.1 Å². The van der Waals surface area contributed by atoms with Crippen molar-refractivity contribution in [2.75, 3.05) is 18.5 Å². The number of carbonyl (C=O) groups is 1. The van der Waals surface area contributed by atoms with Crippen LogP contribution < -0.4 is 10.6 Å². The zero-order valence-electron chi connectivity index (χ0n) is 12.0. The van der Waals surface area contributed by atoms with Crippen molar-refractivity contribution in [2.45, 2.75) is 18.7 Å². The summed E-state index contributed by atoms with van der Waals surface area (Å²) >= 11 is 0. The fourth-order valence-corrected chi connectivity index (χ4v) is 1.34. The van der Waals surface area contributed by atoms with Gasteiger partial charge in [0.2, 0.25) is 0 Å². The Hall–Kier alpha value is -2.36. The van der Waals surface area contributed by atoms with E-state index in [1.54, 1.807) is 6.92 Å². The number of anilines is 1. The second-order valence-corrected chi connectivity index (χ2v) is 4.35. The van der Waals surface area contributed by atoms with Crippen molar-refractivity contribution in [2.24, 2.45) is 0 Å². The van der Waals surface area contributed by atoms with Crippen LogP contribution in [0.4, 0.5) is 28.2 Å². The number of aromatic nitrogens is 1. The number of rotatable bonds is 6. The molecule has 0 spiro atoms. The summed E-state index contributed by atoms with van der Waals surface area (Å²) in [5, 5.41) is 13.6. The number of hydrogen-bond donors (Lipinski definition) is 3. The van der Waals surface area contributed by atoms with Crippen molar-refractivity contribution in [3.63, 3.8) is 0 Å². The molecular weight excluding hydrogens is 322 g/mol. The van der Waals surface area contributed by atoms with Gasteiger partial charge in [-0.2, -0.15) is 13.2 Å². The van der Waals surface area contributed by atoms with Crippen LogP contribution in [0.3, 0.4) is 0 Å². The van der Waals surface area contributed by atoms with Gasteiger partial charge < -0.3 is 15.2 Å². The molecule has 6 nitrogen and oxygen atoms in total. The Morgan fingerprint density at radius 2 is 2.13 bits per heavy atom. The molecule has 0 radical (unpaired) electrons. The normalized spacial score (nSPS) is 14.3. The van der Waals surface area contributed by atoms with Crippen LogP contribution in [0, 0.1) is 5.82 Å². The van der Waals surface area contributed by atoms with Crippen LogP contribution in [0.1, 0.15) is 6.92 Å². The molecule has 1 atom stereocenters. The maximum atomic E-state index is 12.9. The Kier molecular flexibility index (Phi) is 6.31. The first-order valence-electron chi connectivity index (χ1n) is 6.43. The molecule has 128 valence electrons. The van der Waals surface area contributed by atoms with E-state index in [4.69, 9.17) is 0 Å². The maximum absolute atomic E-state index is 12.9. The van der Waals surface area contributed by atoms with Crippen molar-refractivity contribution < 1.29 is 32.2 Å². The first kappa shape index (κ1) is 18.7. The average molecular weight is 337 g/mol. The van der Waals surface area contributed by atoms with Gasteiger partial charge in [0.1, 0.15) is 11.6 Å². The summed E-state index contributed by atoms with van der Waals surface area (Å²) in [4.78, 5) is 15.0. The Morgan fingerprint density at radius 3 is 2.65 bits per heavy atom. The van der Waals surface area contributed by atoms with Gasteiger partial charge in [-0.1, -0.05) is 0 Å². The molecule has 10 heteroatoms. The van der Waals surface area contributed by atoms with Crippen LogP contribution >= 0.6 is 0 Å². The molecule has 0 aliphatic heterocycles. The minimum Gasteiger partial charge on any atom is -0.502 e. The maximum Gasteiger partial charge on any atom is 0.422 e. The van der Waals surface area contributed by atoms with Gasteiger partial charge in [0.05, 0.1) is 25.6 Å². The van der Waals surface area contributed by atoms with Crippen LogP contribution in [0.2, 0.25) is 0 Å². The molecule has 1 aromatic heterocycles. The van der Waals surface area contributed by atoms with Crippen molar-refractivity contribution in [3.8, 4) is 0 Å². The zero-order valence-corrected chi connectivity index (χ0v) is 12.0. The van der Waals surface area contributed by atoms with E-state index in [1.165, 1.54) is 0 Å². The van der Waals surface area contributed by atoms with E-state index in [-0.39, 0.29) is 12.4 Å². The van der Waals surface area contributed by atoms with E-state index in [1.807, 2.05) is 5.32 Å². The molecular formula is C13H15F4N3O3. The summed E-state index contributed by atoms with van der Waals surface area (Å²) in [5.74, 6) is -0.701. The molecule has 1 heterocycles. The summed E-state index contributed by atoms with van der Waals surface area (Å²) in [6.45, 7) is 0.528. The van der Waals surface area contributed by atoms with Gasteiger partial charge in [-0.15, -0.1) is 0 Å². The highest BCUT2D eigenvalue weighted by atomic mass is 19.4. The Labute approximate surface area is 129 Å². The predicted molar refractivity (Wildman–Crippen MR) is 73.0 cm³/mol. The SMILES string of the molecule is CCO/C=C/[C@](O)(CNC(=O)Nc1ccc(F)cn1)C(F)(F)F. The lowest BCUT2D eigenvalue weighted by atomic mass is 10.0. The van der Waals surface area contributed by atoms with Crippen molar-refractivity contribution in [1.82, 2.24) is 10.3 Å². The molecule has 3 N–H and O–H groups in total. The lowest BCUT2D eigenvalue weighted by Crippen LogP contribution is -2.52. The molecule has 0 bridgehead atoms. The number of pyridine rings is 1. The molecule has 0 unspecified atom stereocenters. The second kappa shape index (κ2) is 7.77. The fraction of sp³-hybridized carbons (Fsp3) is 0.385. The lowest BCUT2D eigenvalue weighted by Gasteiger charge is -2.27. The molecule has 0 aliphatic rings. The number of alkyl halides is 3. The lowest BCUT2D eigenvalue weighted by molar-refractivity contribution is -0.237. The monoisotopic (exact) mass is 337 g/mol. The van der Waals surface area contributed by atoms with Crippen LogP contribution in [0.5, 0.6) is 0 Å². The van der Waals surface area contributed by atoms with Crippen molar-refractivity contribution in [1.29, 1.82) is 0 Å². The number of halogens is 4. The standard InChI is InChI=1S/C13H15F4N3O3/c1-2-23-6-5-12(22,13(15,16)17)8-19-11(21)20-10-4-3-9(14)7-18-10/h3-7,22H,2,8H2,1H3,(H2,18,19,20,21)/b6-5+/t12-/m0/s1. The Bertz CT molecular complexity index is 548. The van der Waals surface area contributed by atoms with E-state index in [0.717, 1.165) is 18.3 Å². The smallest absolute Gasteiger partial charge is 0.422 e. The van der Waals surface area contributed by atoms with Gasteiger partial charge in [0.25, 0.3) is 0 Å². The molecule has 1 rings (SSSR count). The minimum absolute atomic E-state index is 0.0655. The van der Waals surface area contributed by atoms with Gasteiger partial charge in [-0.05, 0) is 25.1 Å². The summed E-state index contributed by atoms with van der Waals surface area (Å²) in [6.07, 6.45) is -3.10. The summed E-state index contributed by atoms with van der Waals surface area (Å²) < 4.78 is 55.9. The molecule has 0 saturated carbocycles. The van der Waals surface area contributed by atoms with Gasteiger partial charge in [-0.3, -0.25) is 5.32 Å². The number of nitrogens with one attached hydrogen (secondary N) is 2. The summed E-state index contributed by atoms with van der Waals surface area (Å²) in [5.41, 5.74) is -3.30. The molecule has 2 amide bonds. The molecule has 0 aliphatic carbocycles. The highest BCUT2D eigenvalue weighted by Gasteiger charge is 2.52. The van der Waals surface area contributed by atoms with Gasteiger partial charge in [0.15, 0.2) is 5.60 Å². The largest absolute Gasteiger partial charge is 0.502 e. The van der Waals surface area contributed by atoms with E-state index in [2.05, 4.69) is 15.0 Å². The molecule has 1 aromatic rings. The zero-order chi connectivity index (χ0) is 17.5. The number of carbonyl (C=O) groups excluding carboxylic acids is 1. The third kappa shape index (κ3) is 5.74. The first-order valence-corrected chi connectivity index (χ1v) is 6.43. The van der Waals surface area contributed by atoms with Crippen LogP contribution in [0.15, 0.2) is 30.7 Å². The van der Waals surface area contributed by atoms with Crippen LogP contribution in [-0.2, 0) is 4.74 Å². The van der Waals surface area contributed by atoms with E-state index >= 15 is 0 Å². The van der Waals surface area contributed by atoms with Crippen molar-refractivity contribution >= 4 is 11.8 Å². The summed E-state index contributed by atoms with van der Waals surface area (Å²) in [7, 11) is 0. The molecule has 0 saturated heterocycles. The highest BCUT2D eigenvalue weighted by molar-refractivity contribution is 5.88. The number of hydrogen-bond acceptors (Lipinski definition) is 4. The molecule has 0 fully saturated rings. The van der Waals surface area contributed by atoms with Gasteiger partial charge in [-0.25, -0.2) is 14.2 Å². The molecule has 0 aromatic carbocycles. The van der Waals surface area contributed by atoms with Gasteiger partial charge in [0, 0.05) is 0 Å². The Morgan fingerprint density at radius 1 is 1.43 bits per heavy atom. The Balaban J connectivity index is 2.66. The predicted octanol–water partition coefficient (Wildman–Crippen LogP) is 2.19. The van der Waals surface area contributed by atoms with Gasteiger partial charge >= 0.3 is 12.2 Å². The number of nitrogens with zero attached hydrogens (tertiary/aromatic N) is 1. The van der Waals surface area contributed by atoms with Crippen molar-refractivity contribution in [3.05, 3.63) is 36.5 Å². The van der Waals surface area contributed by atoms with E-state index < -0.39 is 30.2 Å². The topological polar surface area (TPSA) is 83.5 Å². The quantitative estimate of drug-likeness (QED) is 0.549. The van der Waals surface area contributed by atoms with Crippen LogP contribution in [0.25, 0.3) is 0 Å². The first-order chi connectivity index (χ1) is 10.7. The third-order valence-electron chi connectivity index (χ3n) is 2.58. The number of aliphatic hydroxyl groups is 1. The van der Waals surface area contributed by atoms with E-state index in [0.29, 0.717) is 12.3 Å². The number of amides is 2. The molecule has 23 heavy (non-hydrogen) atoms.